The van der Waals surface area contributed by atoms with Gasteiger partial charge >= 0.3 is 0 Å². The predicted octanol–water partition coefficient (Wildman–Crippen LogP) is 1.91. The van der Waals surface area contributed by atoms with E-state index in [0.29, 0.717) is 19.0 Å². The van der Waals surface area contributed by atoms with Crippen LogP contribution in [0.3, 0.4) is 0 Å². The molecule has 1 saturated heterocycles. The molecule has 1 N–H and O–H groups in total. The summed E-state index contributed by atoms with van der Waals surface area (Å²) in [5.41, 5.74) is -0.0471. The molecule has 1 aromatic carbocycles. The Hall–Kier alpha value is -2.18. The van der Waals surface area contributed by atoms with Gasteiger partial charge in [-0.2, -0.15) is 0 Å². The molecule has 20 heavy (non-hydrogen) atoms. The third kappa shape index (κ3) is 2.43. The smallest absolute Gasteiger partial charge is 0.295 e. The van der Waals surface area contributed by atoms with Crippen molar-refractivity contribution < 1.29 is 14.1 Å². The van der Waals surface area contributed by atoms with Crippen molar-refractivity contribution in [3.63, 3.8) is 0 Å². The Kier molecular flexibility index (Phi) is 3.04. The number of benzene rings is 1. The Morgan fingerprint density at radius 1 is 1.40 bits per heavy atom. The van der Waals surface area contributed by atoms with Gasteiger partial charge in [-0.1, -0.05) is 0 Å². The molecule has 1 atom stereocenters. The lowest BCUT2D eigenvalue weighted by Crippen LogP contribution is -2.29. The molecule has 7 heteroatoms. The summed E-state index contributed by atoms with van der Waals surface area (Å²) >= 11 is 0. The van der Waals surface area contributed by atoms with Crippen LogP contribution in [-0.2, 0) is 4.79 Å². The van der Waals surface area contributed by atoms with Crippen molar-refractivity contribution in [2.45, 2.75) is 31.3 Å². The van der Waals surface area contributed by atoms with Gasteiger partial charge in [0, 0.05) is 19.0 Å². The first-order chi connectivity index (χ1) is 9.54. The van der Waals surface area contributed by atoms with Crippen molar-refractivity contribution in [2.24, 2.45) is 0 Å². The average Bonchev–Trinajstić information content (AvgIpc) is 3.16. The van der Waals surface area contributed by atoms with Gasteiger partial charge in [0.05, 0.1) is 17.0 Å². The second kappa shape index (κ2) is 4.73. The maximum absolute atomic E-state index is 13.1. The molecule has 2 fully saturated rings. The summed E-state index contributed by atoms with van der Waals surface area (Å²) in [5, 5.41) is 13.9. The molecule has 0 spiro atoms. The lowest BCUT2D eigenvalue weighted by Gasteiger charge is -2.16. The summed E-state index contributed by atoms with van der Waals surface area (Å²) in [4.78, 5) is 23.9. The Balaban J connectivity index is 1.75. The maximum Gasteiger partial charge on any atom is 0.295 e. The molecule has 2 aliphatic rings. The number of nitro benzene ring substituents is 1. The van der Waals surface area contributed by atoms with Crippen LogP contribution in [0.25, 0.3) is 0 Å². The van der Waals surface area contributed by atoms with Gasteiger partial charge in [0.1, 0.15) is 11.5 Å². The number of nitrogens with one attached hydrogen (secondary N) is 1. The van der Waals surface area contributed by atoms with E-state index in [1.807, 2.05) is 4.90 Å². The summed E-state index contributed by atoms with van der Waals surface area (Å²) in [7, 11) is 0. The fourth-order valence-electron chi connectivity index (χ4n) is 2.57. The van der Waals surface area contributed by atoms with Gasteiger partial charge in [-0.25, -0.2) is 4.39 Å². The molecule has 1 aliphatic carbocycles. The van der Waals surface area contributed by atoms with Crippen molar-refractivity contribution >= 4 is 17.3 Å². The lowest BCUT2D eigenvalue weighted by molar-refractivity contribution is -0.384. The molecular weight excluding hydrogens is 265 g/mol. The van der Waals surface area contributed by atoms with Crippen LogP contribution in [0.4, 0.5) is 15.8 Å². The van der Waals surface area contributed by atoms with Crippen molar-refractivity contribution in [1.29, 1.82) is 0 Å². The van der Waals surface area contributed by atoms with Gasteiger partial charge in [-0.05, 0) is 25.0 Å². The molecule has 3 rings (SSSR count). The van der Waals surface area contributed by atoms with Crippen LogP contribution in [0.5, 0.6) is 0 Å². The van der Waals surface area contributed by atoms with Gasteiger partial charge < -0.3 is 10.2 Å². The second-order valence-corrected chi connectivity index (χ2v) is 5.24. The summed E-state index contributed by atoms with van der Waals surface area (Å²) in [5.74, 6) is -0.570. The monoisotopic (exact) mass is 279 g/mol. The van der Waals surface area contributed by atoms with E-state index in [0.717, 1.165) is 18.9 Å². The average molecular weight is 279 g/mol. The minimum absolute atomic E-state index is 0.0785. The van der Waals surface area contributed by atoms with Crippen LogP contribution < -0.4 is 5.32 Å². The first-order valence-electron chi connectivity index (χ1n) is 6.54. The van der Waals surface area contributed by atoms with Crippen molar-refractivity contribution in [2.75, 3.05) is 11.9 Å². The van der Waals surface area contributed by atoms with Crippen molar-refractivity contribution in [3.05, 3.63) is 34.1 Å². The van der Waals surface area contributed by atoms with Crippen LogP contribution in [0, 0.1) is 15.9 Å². The molecule has 1 amide bonds. The Morgan fingerprint density at radius 2 is 2.15 bits per heavy atom. The standard InChI is InChI=1S/C13H14FN3O3/c14-8-1-4-11(12(5-8)17(19)20)15-9-6-13(18)16(7-9)10-2-3-10/h1,4-5,9-10,15H,2-3,6-7H2. The number of carbonyl (C=O) groups excluding carboxylic acids is 1. The Morgan fingerprint density at radius 3 is 2.80 bits per heavy atom. The van der Waals surface area contributed by atoms with Gasteiger partial charge in [0.2, 0.25) is 5.91 Å². The van der Waals surface area contributed by atoms with E-state index in [9.17, 15) is 19.3 Å². The van der Waals surface area contributed by atoms with Crippen LogP contribution in [0.2, 0.25) is 0 Å². The predicted molar refractivity (Wildman–Crippen MR) is 69.8 cm³/mol. The largest absolute Gasteiger partial charge is 0.374 e. The van der Waals surface area contributed by atoms with Gasteiger partial charge in [0.25, 0.3) is 5.69 Å². The molecule has 1 aromatic rings. The second-order valence-electron chi connectivity index (χ2n) is 5.24. The topological polar surface area (TPSA) is 75.5 Å². The zero-order chi connectivity index (χ0) is 14.3. The number of halogens is 1. The highest BCUT2D eigenvalue weighted by Gasteiger charge is 2.39. The molecule has 1 heterocycles. The van der Waals surface area contributed by atoms with E-state index >= 15 is 0 Å². The lowest BCUT2D eigenvalue weighted by atomic mass is 10.2. The Labute approximate surface area is 114 Å². The molecule has 0 bridgehead atoms. The minimum atomic E-state index is -0.649. The number of likely N-dealkylation sites (tertiary alicyclic amines) is 1. The first kappa shape index (κ1) is 12.8. The van der Waals surface area contributed by atoms with Crippen LogP contribution in [0.15, 0.2) is 18.2 Å². The minimum Gasteiger partial charge on any atom is -0.374 e. The number of anilines is 1. The number of nitrogens with zero attached hydrogens (tertiary/aromatic N) is 2. The first-order valence-corrected chi connectivity index (χ1v) is 6.54. The number of hydrogen-bond acceptors (Lipinski definition) is 4. The zero-order valence-corrected chi connectivity index (χ0v) is 10.7. The van der Waals surface area contributed by atoms with E-state index in [1.165, 1.54) is 12.1 Å². The number of amides is 1. The quantitative estimate of drug-likeness (QED) is 0.674. The number of hydrogen-bond donors (Lipinski definition) is 1. The van der Waals surface area contributed by atoms with Gasteiger partial charge in [0.15, 0.2) is 0 Å². The van der Waals surface area contributed by atoms with E-state index in [4.69, 9.17) is 0 Å². The molecule has 1 unspecified atom stereocenters. The highest BCUT2D eigenvalue weighted by atomic mass is 19.1. The zero-order valence-electron chi connectivity index (χ0n) is 10.7. The van der Waals surface area contributed by atoms with Crippen LogP contribution in [0.1, 0.15) is 19.3 Å². The van der Waals surface area contributed by atoms with E-state index in [1.54, 1.807) is 0 Å². The number of nitro groups is 1. The normalized spacial score (nSPS) is 22.1. The van der Waals surface area contributed by atoms with Crippen molar-refractivity contribution in [3.8, 4) is 0 Å². The van der Waals surface area contributed by atoms with E-state index in [-0.39, 0.29) is 23.3 Å². The fraction of sp³-hybridized carbons (Fsp3) is 0.462. The van der Waals surface area contributed by atoms with E-state index in [2.05, 4.69) is 5.32 Å². The summed E-state index contributed by atoms with van der Waals surface area (Å²) < 4.78 is 13.1. The summed E-state index contributed by atoms with van der Waals surface area (Å²) in [6, 6.07) is 3.59. The highest BCUT2D eigenvalue weighted by Crippen LogP contribution is 2.33. The molecular formula is C13H14FN3O3. The van der Waals surface area contributed by atoms with Gasteiger partial charge in [-0.3, -0.25) is 14.9 Å². The van der Waals surface area contributed by atoms with Crippen LogP contribution >= 0.6 is 0 Å². The van der Waals surface area contributed by atoms with E-state index < -0.39 is 10.7 Å². The summed E-state index contributed by atoms with van der Waals surface area (Å²) in [6.45, 7) is 0.554. The Bertz CT molecular complexity index is 574. The third-order valence-corrected chi connectivity index (χ3v) is 3.66. The van der Waals surface area contributed by atoms with Crippen LogP contribution in [-0.4, -0.2) is 34.4 Å². The molecule has 1 aliphatic heterocycles. The molecule has 0 aromatic heterocycles. The third-order valence-electron chi connectivity index (χ3n) is 3.66. The fourth-order valence-corrected chi connectivity index (χ4v) is 2.57. The molecule has 0 radical (unpaired) electrons. The number of carbonyl (C=O) groups is 1. The highest BCUT2D eigenvalue weighted by molar-refractivity contribution is 5.81. The SMILES string of the molecule is O=C1CC(Nc2ccc(F)cc2[N+](=O)[O-])CN1C1CC1. The number of rotatable bonds is 4. The molecule has 106 valence electrons. The maximum atomic E-state index is 13.1. The molecule has 1 saturated carbocycles. The molecule has 6 nitrogen and oxygen atoms in total. The van der Waals surface area contributed by atoms with Gasteiger partial charge in [-0.15, -0.1) is 0 Å². The van der Waals surface area contributed by atoms with Crippen molar-refractivity contribution in [1.82, 2.24) is 4.90 Å². The summed E-state index contributed by atoms with van der Waals surface area (Å²) in [6.07, 6.45) is 2.40.